The Morgan fingerprint density at radius 1 is 1.00 bits per heavy atom. The molecule has 0 unspecified atom stereocenters. The first-order valence-corrected chi connectivity index (χ1v) is 6.52. The number of guanidine groups is 1. The summed E-state index contributed by atoms with van der Waals surface area (Å²) >= 11 is 0. The van der Waals surface area contributed by atoms with Crippen molar-refractivity contribution in [2.24, 2.45) is 10.7 Å². The Labute approximate surface area is 153 Å². The molecular formula is C15H14F3IN4O. The molecule has 24 heavy (non-hydrogen) atoms. The summed E-state index contributed by atoms with van der Waals surface area (Å²) in [6.07, 6.45) is 0. The van der Waals surface area contributed by atoms with E-state index in [4.69, 9.17) is 5.73 Å². The van der Waals surface area contributed by atoms with Crippen LogP contribution in [0.1, 0.15) is 0 Å². The first-order chi connectivity index (χ1) is 11.0. The standard InChI is InChI=1S/C15H13F3N4O.HI/c16-10-6-7-11(14(18)13(10)17)22-12(23)8-20-15(19)21-9-4-2-1-3-5-9;/h1-7H,8H2,(H,22,23)(H3,19,20,21);1H. The van der Waals surface area contributed by atoms with Crippen molar-refractivity contribution < 1.29 is 18.0 Å². The van der Waals surface area contributed by atoms with Crippen LogP contribution in [0, 0.1) is 17.5 Å². The minimum absolute atomic E-state index is 0. The van der Waals surface area contributed by atoms with Gasteiger partial charge in [-0.3, -0.25) is 4.79 Å². The maximum Gasteiger partial charge on any atom is 0.246 e. The third kappa shape index (κ3) is 5.41. The first kappa shape index (κ1) is 19.7. The Morgan fingerprint density at radius 2 is 1.67 bits per heavy atom. The molecule has 4 N–H and O–H groups in total. The maximum atomic E-state index is 13.4. The highest BCUT2D eigenvalue weighted by Gasteiger charge is 2.14. The molecule has 0 heterocycles. The number of nitrogens with two attached hydrogens (primary N) is 1. The van der Waals surface area contributed by atoms with Crippen LogP contribution in [0.25, 0.3) is 0 Å². The highest BCUT2D eigenvalue weighted by atomic mass is 127. The number of hydrogen-bond acceptors (Lipinski definition) is 2. The van der Waals surface area contributed by atoms with Gasteiger partial charge >= 0.3 is 0 Å². The third-order valence-electron chi connectivity index (χ3n) is 2.75. The molecule has 0 spiro atoms. The summed E-state index contributed by atoms with van der Waals surface area (Å²) in [5.74, 6) is -5.21. The summed E-state index contributed by atoms with van der Waals surface area (Å²) in [6.45, 7) is -0.413. The number of para-hydroxylation sites is 1. The Morgan fingerprint density at radius 3 is 2.33 bits per heavy atom. The van der Waals surface area contributed by atoms with E-state index in [1.165, 1.54) is 0 Å². The second kappa shape index (κ2) is 9.11. The smallest absolute Gasteiger partial charge is 0.246 e. The number of benzene rings is 2. The molecule has 9 heteroatoms. The number of nitrogens with zero attached hydrogens (tertiary/aromatic N) is 1. The lowest BCUT2D eigenvalue weighted by molar-refractivity contribution is -0.114. The number of nitrogens with one attached hydrogen (secondary N) is 2. The zero-order valence-corrected chi connectivity index (χ0v) is 14.6. The quantitative estimate of drug-likeness (QED) is 0.290. The van der Waals surface area contributed by atoms with Crippen molar-refractivity contribution in [3.63, 3.8) is 0 Å². The number of hydrogen-bond donors (Lipinski definition) is 3. The van der Waals surface area contributed by atoms with Gasteiger partial charge in [-0.1, -0.05) is 18.2 Å². The highest BCUT2D eigenvalue weighted by molar-refractivity contribution is 14.0. The predicted molar refractivity (Wildman–Crippen MR) is 96.9 cm³/mol. The molecule has 0 fully saturated rings. The maximum absolute atomic E-state index is 13.4. The van der Waals surface area contributed by atoms with Gasteiger partial charge in [-0.15, -0.1) is 24.0 Å². The molecule has 0 saturated heterocycles. The normalized spacial score (nSPS) is 10.7. The minimum Gasteiger partial charge on any atom is -0.370 e. The third-order valence-corrected chi connectivity index (χ3v) is 2.75. The number of anilines is 2. The van der Waals surface area contributed by atoms with Crippen molar-refractivity contribution >= 4 is 47.2 Å². The van der Waals surface area contributed by atoms with E-state index in [9.17, 15) is 18.0 Å². The number of carbonyl (C=O) groups is 1. The molecule has 0 aliphatic heterocycles. The van der Waals surface area contributed by atoms with E-state index < -0.39 is 35.6 Å². The second-order valence-corrected chi connectivity index (χ2v) is 4.46. The second-order valence-electron chi connectivity index (χ2n) is 4.46. The monoisotopic (exact) mass is 450 g/mol. The Kier molecular flexibility index (Phi) is 7.49. The molecule has 0 atom stereocenters. The fourth-order valence-electron chi connectivity index (χ4n) is 1.68. The van der Waals surface area contributed by atoms with Crippen LogP contribution in [0.2, 0.25) is 0 Å². The number of aliphatic imine (C=N–C) groups is 1. The average molecular weight is 450 g/mol. The number of carbonyl (C=O) groups excluding carboxylic acids is 1. The fraction of sp³-hybridized carbons (Fsp3) is 0.0667. The molecule has 0 saturated carbocycles. The van der Waals surface area contributed by atoms with Crippen LogP contribution in [-0.4, -0.2) is 18.4 Å². The minimum atomic E-state index is -1.66. The molecule has 0 bridgehead atoms. The molecule has 2 aromatic rings. The van der Waals surface area contributed by atoms with Crippen molar-refractivity contribution in [1.82, 2.24) is 0 Å². The summed E-state index contributed by atoms with van der Waals surface area (Å²) in [7, 11) is 0. The molecular weight excluding hydrogens is 436 g/mol. The predicted octanol–water partition coefficient (Wildman–Crippen LogP) is 3.09. The molecule has 2 aromatic carbocycles. The van der Waals surface area contributed by atoms with Crippen LogP contribution in [0.4, 0.5) is 24.5 Å². The van der Waals surface area contributed by atoms with Crippen LogP contribution < -0.4 is 16.4 Å². The average Bonchev–Trinajstić information content (AvgIpc) is 2.54. The van der Waals surface area contributed by atoms with Crippen molar-refractivity contribution in [3.05, 3.63) is 59.9 Å². The first-order valence-electron chi connectivity index (χ1n) is 6.52. The zero-order valence-electron chi connectivity index (χ0n) is 12.2. The van der Waals surface area contributed by atoms with E-state index in [-0.39, 0.29) is 29.9 Å². The fourth-order valence-corrected chi connectivity index (χ4v) is 1.68. The lowest BCUT2D eigenvalue weighted by Crippen LogP contribution is -2.25. The highest BCUT2D eigenvalue weighted by Crippen LogP contribution is 2.19. The van der Waals surface area contributed by atoms with Gasteiger partial charge in [-0.2, -0.15) is 0 Å². The van der Waals surface area contributed by atoms with E-state index in [1.807, 2.05) is 6.07 Å². The Balaban J connectivity index is 0.00000288. The van der Waals surface area contributed by atoms with Gasteiger partial charge in [0.05, 0.1) is 5.69 Å². The van der Waals surface area contributed by atoms with Crippen molar-refractivity contribution in [2.45, 2.75) is 0 Å². The summed E-state index contributed by atoms with van der Waals surface area (Å²) in [6, 6.07) is 10.5. The van der Waals surface area contributed by atoms with Crippen LogP contribution in [0.15, 0.2) is 47.5 Å². The van der Waals surface area contributed by atoms with Gasteiger partial charge in [0.2, 0.25) is 5.91 Å². The van der Waals surface area contributed by atoms with Gasteiger partial charge < -0.3 is 16.4 Å². The van der Waals surface area contributed by atoms with Gasteiger partial charge in [0.15, 0.2) is 23.4 Å². The largest absolute Gasteiger partial charge is 0.370 e. The number of amides is 1. The molecule has 0 aliphatic carbocycles. The van der Waals surface area contributed by atoms with Crippen molar-refractivity contribution in [3.8, 4) is 0 Å². The topological polar surface area (TPSA) is 79.5 Å². The summed E-state index contributed by atoms with van der Waals surface area (Å²) in [4.78, 5) is 15.4. The van der Waals surface area contributed by atoms with Crippen LogP contribution in [0.3, 0.4) is 0 Å². The van der Waals surface area contributed by atoms with E-state index in [0.29, 0.717) is 11.8 Å². The SMILES string of the molecule is I.NC(=NCC(=O)Nc1ccc(F)c(F)c1F)Nc1ccccc1. The van der Waals surface area contributed by atoms with Gasteiger partial charge in [-0.25, -0.2) is 18.2 Å². The lowest BCUT2D eigenvalue weighted by atomic mass is 10.3. The van der Waals surface area contributed by atoms with Gasteiger partial charge in [0.25, 0.3) is 0 Å². The van der Waals surface area contributed by atoms with E-state index in [1.54, 1.807) is 24.3 Å². The molecule has 1 amide bonds. The van der Waals surface area contributed by atoms with Crippen molar-refractivity contribution in [2.75, 3.05) is 17.2 Å². The van der Waals surface area contributed by atoms with E-state index in [0.717, 1.165) is 6.07 Å². The summed E-state index contributed by atoms with van der Waals surface area (Å²) in [5, 5.41) is 4.84. The van der Waals surface area contributed by atoms with Crippen molar-refractivity contribution in [1.29, 1.82) is 0 Å². The van der Waals surface area contributed by atoms with Gasteiger partial charge in [-0.05, 0) is 24.3 Å². The Bertz CT molecular complexity index is 741. The zero-order chi connectivity index (χ0) is 16.8. The van der Waals surface area contributed by atoms with Crippen LogP contribution in [-0.2, 0) is 4.79 Å². The molecule has 2 rings (SSSR count). The van der Waals surface area contributed by atoms with Crippen LogP contribution in [0.5, 0.6) is 0 Å². The molecule has 0 aromatic heterocycles. The Hall–Kier alpha value is -2.30. The van der Waals surface area contributed by atoms with E-state index >= 15 is 0 Å². The molecule has 5 nitrogen and oxygen atoms in total. The lowest BCUT2D eigenvalue weighted by Gasteiger charge is -2.07. The summed E-state index contributed by atoms with van der Waals surface area (Å²) < 4.78 is 39.2. The van der Waals surface area contributed by atoms with E-state index in [2.05, 4.69) is 15.6 Å². The van der Waals surface area contributed by atoms with Crippen LogP contribution >= 0.6 is 24.0 Å². The molecule has 0 radical (unpaired) electrons. The molecule has 128 valence electrons. The summed E-state index contributed by atoms with van der Waals surface area (Å²) in [5.41, 5.74) is 5.80. The molecule has 0 aliphatic rings. The number of halogens is 4. The van der Waals surface area contributed by atoms with Gasteiger partial charge in [0, 0.05) is 5.69 Å². The van der Waals surface area contributed by atoms with Gasteiger partial charge in [0.1, 0.15) is 6.54 Å². The number of rotatable bonds is 4.